The highest BCUT2D eigenvalue weighted by molar-refractivity contribution is 7.80. The zero-order valence-corrected chi connectivity index (χ0v) is 12.0. The van der Waals surface area contributed by atoms with Crippen molar-refractivity contribution >= 4 is 34.9 Å². The first-order valence-corrected chi connectivity index (χ1v) is 6.58. The maximum Gasteiger partial charge on any atom is 0.337 e. The summed E-state index contributed by atoms with van der Waals surface area (Å²) in [6.45, 7) is 0. The van der Waals surface area contributed by atoms with Crippen molar-refractivity contribution in [1.29, 1.82) is 0 Å². The van der Waals surface area contributed by atoms with E-state index < -0.39 is 17.7 Å². The molecule has 0 fully saturated rings. The number of carboxylic acid groups (broad SMARTS) is 1. The van der Waals surface area contributed by atoms with Crippen molar-refractivity contribution in [2.75, 3.05) is 5.32 Å². The Morgan fingerprint density at radius 2 is 1.82 bits per heavy atom. The van der Waals surface area contributed by atoms with Crippen molar-refractivity contribution < 1.29 is 19.1 Å². The van der Waals surface area contributed by atoms with Crippen molar-refractivity contribution in [2.45, 2.75) is 0 Å². The van der Waals surface area contributed by atoms with Gasteiger partial charge in [0, 0.05) is 5.56 Å². The molecule has 1 amide bonds. The van der Waals surface area contributed by atoms with Gasteiger partial charge in [-0.15, -0.1) is 0 Å². The van der Waals surface area contributed by atoms with Crippen LogP contribution in [-0.4, -0.2) is 22.1 Å². The Morgan fingerprint density at radius 3 is 2.50 bits per heavy atom. The summed E-state index contributed by atoms with van der Waals surface area (Å²) in [6, 6.07) is 11.3. The molecular formula is C15H11FN2O3S. The van der Waals surface area contributed by atoms with E-state index in [0.717, 1.165) is 6.07 Å². The molecule has 7 heteroatoms. The van der Waals surface area contributed by atoms with Crippen LogP contribution in [0.3, 0.4) is 0 Å². The van der Waals surface area contributed by atoms with Crippen LogP contribution in [0.5, 0.6) is 0 Å². The van der Waals surface area contributed by atoms with Crippen LogP contribution in [0.1, 0.15) is 20.7 Å². The second-order valence-electron chi connectivity index (χ2n) is 4.27. The number of carbonyl (C=O) groups is 2. The molecule has 0 aliphatic heterocycles. The molecule has 2 aromatic rings. The molecule has 0 radical (unpaired) electrons. The summed E-state index contributed by atoms with van der Waals surface area (Å²) in [7, 11) is 0. The Bertz CT molecular complexity index is 749. The molecule has 2 aromatic carbocycles. The van der Waals surface area contributed by atoms with Crippen LogP contribution in [0.2, 0.25) is 0 Å². The molecule has 3 N–H and O–H groups in total. The third kappa shape index (κ3) is 3.86. The molecule has 0 aromatic heterocycles. The van der Waals surface area contributed by atoms with Crippen LogP contribution in [0.4, 0.5) is 10.1 Å². The molecule has 5 nitrogen and oxygen atoms in total. The quantitative estimate of drug-likeness (QED) is 0.758. The molecule has 112 valence electrons. The number of anilines is 1. The molecule has 0 saturated heterocycles. The molecule has 2 rings (SSSR count). The number of hydrogen-bond acceptors (Lipinski definition) is 3. The second kappa shape index (κ2) is 6.77. The number of carbonyl (C=O) groups excluding carboxylic acids is 1. The zero-order valence-electron chi connectivity index (χ0n) is 11.2. The lowest BCUT2D eigenvalue weighted by atomic mass is 10.2. The summed E-state index contributed by atoms with van der Waals surface area (Å²) >= 11 is 4.96. The SMILES string of the molecule is O=C(NC(=S)Nc1ccccc1C(=O)O)c1cccc(F)c1. The maximum atomic E-state index is 13.1. The molecule has 0 heterocycles. The van der Waals surface area contributed by atoms with Crippen molar-refractivity contribution in [3.63, 3.8) is 0 Å². The number of halogens is 1. The van der Waals surface area contributed by atoms with Crippen LogP contribution in [0, 0.1) is 5.82 Å². The topological polar surface area (TPSA) is 78.4 Å². The molecule has 0 spiro atoms. The van der Waals surface area contributed by atoms with Crippen molar-refractivity contribution in [1.82, 2.24) is 5.32 Å². The van der Waals surface area contributed by atoms with Gasteiger partial charge in [0.15, 0.2) is 5.11 Å². The first kappa shape index (κ1) is 15.6. The number of nitrogens with one attached hydrogen (secondary N) is 2. The van der Waals surface area contributed by atoms with Gasteiger partial charge in [0.05, 0.1) is 11.3 Å². The predicted molar refractivity (Wildman–Crippen MR) is 83.5 cm³/mol. The number of hydrogen-bond donors (Lipinski definition) is 3. The van der Waals surface area contributed by atoms with Gasteiger partial charge in [-0.05, 0) is 42.5 Å². The minimum Gasteiger partial charge on any atom is -0.478 e. The summed E-state index contributed by atoms with van der Waals surface area (Å²) in [5.41, 5.74) is 0.375. The fraction of sp³-hybridized carbons (Fsp3) is 0. The average molecular weight is 318 g/mol. The Balaban J connectivity index is 2.08. The highest BCUT2D eigenvalue weighted by Gasteiger charge is 2.12. The van der Waals surface area contributed by atoms with Gasteiger partial charge < -0.3 is 10.4 Å². The van der Waals surface area contributed by atoms with Crippen molar-refractivity contribution in [3.8, 4) is 0 Å². The van der Waals surface area contributed by atoms with Crippen molar-refractivity contribution in [3.05, 3.63) is 65.5 Å². The summed E-state index contributed by atoms with van der Waals surface area (Å²) in [5, 5.41) is 14.0. The van der Waals surface area contributed by atoms with Gasteiger partial charge >= 0.3 is 5.97 Å². The lowest BCUT2D eigenvalue weighted by Crippen LogP contribution is -2.34. The maximum absolute atomic E-state index is 13.1. The molecule has 0 saturated carbocycles. The number of amides is 1. The minimum absolute atomic E-state index is 0.0184. The zero-order chi connectivity index (χ0) is 16.1. The van der Waals surface area contributed by atoms with E-state index in [1.165, 1.54) is 30.3 Å². The molecular weight excluding hydrogens is 307 g/mol. The van der Waals surface area contributed by atoms with E-state index in [4.69, 9.17) is 17.3 Å². The van der Waals surface area contributed by atoms with E-state index in [2.05, 4.69) is 10.6 Å². The number of carboxylic acids is 1. The van der Waals surface area contributed by atoms with Gasteiger partial charge in [-0.25, -0.2) is 9.18 Å². The van der Waals surface area contributed by atoms with E-state index in [0.29, 0.717) is 0 Å². The lowest BCUT2D eigenvalue weighted by molar-refractivity contribution is 0.0698. The number of thiocarbonyl (C=S) groups is 1. The fourth-order valence-electron chi connectivity index (χ4n) is 1.74. The standard InChI is InChI=1S/C15H11FN2O3S/c16-10-5-3-4-9(8-10)13(19)18-15(22)17-12-7-2-1-6-11(12)14(20)21/h1-8H,(H,20,21)(H2,17,18,19,22). The van der Waals surface area contributed by atoms with Crippen LogP contribution in [0.15, 0.2) is 48.5 Å². The monoisotopic (exact) mass is 318 g/mol. The number of rotatable bonds is 3. The third-order valence-corrected chi connectivity index (χ3v) is 2.92. The summed E-state index contributed by atoms with van der Waals surface area (Å²) in [4.78, 5) is 23.0. The summed E-state index contributed by atoms with van der Waals surface area (Å²) in [6.07, 6.45) is 0. The van der Waals surface area contributed by atoms with Gasteiger partial charge in [0.25, 0.3) is 5.91 Å². The fourth-order valence-corrected chi connectivity index (χ4v) is 1.94. The Kier molecular flexibility index (Phi) is 4.80. The third-order valence-electron chi connectivity index (χ3n) is 2.72. The predicted octanol–water partition coefficient (Wildman–Crippen LogP) is 2.65. The molecule has 0 bridgehead atoms. The number of benzene rings is 2. The first-order chi connectivity index (χ1) is 10.5. The minimum atomic E-state index is -1.12. The molecule has 0 unspecified atom stereocenters. The van der Waals surface area contributed by atoms with E-state index >= 15 is 0 Å². The molecule has 0 aliphatic rings. The van der Waals surface area contributed by atoms with Crippen LogP contribution in [0.25, 0.3) is 0 Å². The highest BCUT2D eigenvalue weighted by Crippen LogP contribution is 2.14. The molecule has 0 aliphatic carbocycles. The number of aromatic carboxylic acids is 1. The number of para-hydroxylation sites is 1. The second-order valence-corrected chi connectivity index (χ2v) is 4.68. The van der Waals surface area contributed by atoms with E-state index in [1.54, 1.807) is 12.1 Å². The van der Waals surface area contributed by atoms with E-state index in [1.807, 2.05) is 0 Å². The highest BCUT2D eigenvalue weighted by atomic mass is 32.1. The first-order valence-electron chi connectivity index (χ1n) is 6.17. The van der Waals surface area contributed by atoms with Crippen molar-refractivity contribution in [2.24, 2.45) is 0 Å². The van der Waals surface area contributed by atoms with Gasteiger partial charge in [0.1, 0.15) is 5.82 Å². The Morgan fingerprint density at radius 1 is 1.09 bits per heavy atom. The summed E-state index contributed by atoms with van der Waals surface area (Å²) in [5.74, 6) is -2.25. The molecule has 22 heavy (non-hydrogen) atoms. The van der Waals surface area contributed by atoms with E-state index in [-0.39, 0.29) is 21.9 Å². The van der Waals surface area contributed by atoms with Crippen LogP contribution >= 0.6 is 12.2 Å². The van der Waals surface area contributed by atoms with Gasteiger partial charge in [-0.1, -0.05) is 18.2 Å². The van der Waals surface area contributed by atoms with Gasteiger partial charge in [-0.2, -0.15) is 0 Å². The summed E-state index contributed by atoms with van der Waals surface area (Å²) < 4.78 is 13.1. The lowest BCUT2D eigenvalue weighted by Gasteiger charge is -2.11. The Labute approximate surface area is 130 Å². The van der Waals surface area contributed by atoms with Gasteiger partial charge in [0.2, 0.25) is 0 Å². The smallest absolute Gasteiger partial charge is 0.337 e. The van der Waals surface area contributed by atoms with E-state index in [9.17, 15) is 14.0 Å². The molecule has 0 atom stereocenters. The Hall–Kier alpha value is -2.80. The normalized spacial score (nSPS) is 9.86. The van der Waals surface area contributed by atoms with Crippen LogP contribution in [-0.2, 0) is 0 Å². The van der Waals surface area contributed by atoms with Gasteiger partial charge in [-0.3, -0.25) is 10.1 Å². The average Bonchev–Trinajstić information content (AvgIpc) is 2.47. The van der Waals surface area contributed by atoms with Crippen LogP contribution < -0.4 is 10.6 Å². The largest absolute Gasteiger partial charge is 0.478 e.